The zero-order valence-corrected chi connectivity index (χ0v) is 21.5. The van der Waals surface area contributed by atoms with Crippen LogP contribution in [0.25, 0.3) is 21.1 Å². The molecule has 3 aliphatic heterocycles. The number of fused-ring (bicyclic) bond motifs is 4. The van der Waals surface area contributed by atoms with Crippen LogP contribution in [0.1, 0.15) is 48.7 Å². The number of nitrogens with one attached hydrogen (secondary N) is 2. The number of rotatable bonds is 3. The summed E-state index contributed by atoms with van der Waals surface area (Å²) in [4.78, 5) is 40.1. The van der Waals surface area contributed by atoms with Crippen LogP contribution in [-0.4, -0.2) is 68.0 Å². The first-order chi connectivity index (χ1) is 18.0. The van der Waals surface area contributed by atoms with Gasteiger partial charge >= 0.3 is 11.8 Å². The normalized spacial score (nSPS) is 27.3. The molecule has 3 aromatic heterocycles. The van der Waals surface area contributed by atoms with Crippen LogP contribution in [0.2, 0.25) is 0 Å². The third-order valence-corrected chi connectivity index (χ3v) is 9.51. The number of anilines is 1. The van der Waals surface area contributed by atoms with E-state index in [1.165, 1.54) is 35.4 Å². The molecular weight excluding hydrogens is 486 g/mol. The Balaban J connectivity index is 1.15. The number of H-pyrrole nitrogens is 1. The number of benzene rings is 1. The second-order valence-electron chi connectivity index (χ2n) is 10.8. The molecule has 7 rings (SSSR count). The van der Waals surface area contributed by atoms with Crippen molar-refractivity contribution in [1.82, 2.24) is 30.0 Å². The van der Waals surface area contributed by atoms with Crippen molar-refractivity contribution in [1.29, 1.82) is 0 Å². The maximum atomic E-state index is 13.5. The quantitative estimate of drug-likeness (QED) is 0.401. The van der Waals surface area contributed by atoms with Crippen molar-refractivity contribution in [2.45, 2.75) is 38.1 Å². The lowest BCUT2D eigenvalue weighted by molar-refractivity contribution is -0.146. The van der Waals surface area contributed by atoms with Gasteiger partial charge in [-0.25, -0.2) is 4.98 Å². The predicted molar refractivity (Wildman–Crippen MR) is 142 cm³/mol. The lowest BCUT2D eigenvalue weighted by Crippen LogP contribution is -2.46. The summed E-state index contributed by atoms with van der Waals surface area (Å²) in [6, 6.07) is 6.24. The first-order valence-corrected chi connectivity index (χ1v) is 13.9. The minimum Gasteiger partial charge on any atom is -0.327 e. The van der Waals surface area contributed by atoms with Crippen molar-refractivity contribution in [3.05, 3.63) is 47.4 Å². The Morgan fingerprint density at radius 3 is 2.86 bits per heavy atom. The van der Waals surface area contributed by atoms with Crippen molar-refractivity contribution < 1.29 is 9.59 Å². The second-order valence-corrected chi connectivity index (χ2v) is 11.9. The van der Waals surface area contributed by atoms with E-state index in [0.29, 0.717) is 29.6 Å². The van der Waals surface area contributed by atoms with Gasteiger partial charge in [0.2, 0.25) is 0 Å². The Bertz CT molecular complexity index is 1510. The molecule has 3 saturated heterocycles. The fourth-order valence-electron chi connectivity index (χ4n) is 6.38. The number of pyridine rings is 1. The summed E-state index contributed by atoms with van der Waals surface area (Å²) in [5.74, 6) is 0.414. The molecule has 0 radical (unpaired) electrons. The third-order valence-electron chi connectivity index (χ3n) is 8.34. The molecule has 10 heteroatoms. The maximum absolute atomic E-state index is 13.5. The molecule has 4 aromatic rings. The molecule has 3 aliphatic rings. The monoisotopic (exact) mass is 515 g/mol. The maximum Gasteiger partial charge on any atom is 0.314 e. The van der Waals surface area contributed by atoms with Crippen LogP contribution in [0.4, 0.5) is 5.69 Å². The highest BCUT2D eigenvalue weighted by molar-refractivity contribution is 7.18. The molecule has 2 N–H and O–H groups in total. The zero-order valence-electron chi connectivity index (χ0n) is 20.7. The van der Waals surface area contributed by atoms with Crippen molar-refractivity contribution in [2.24, 2.45) is 11.8 Å². The Kier molecular flexibility index (Phi) is 5.47. The van der Waals surface area contributed by atoms with Crippen LogP contribution in [-0.2, 0) is 9.59 Å². The SMILES string of the molecule is C[C@H]1CC[C@H](c2ccc3sc(C4CN5CCC4C5)nc3c2)N(C(=O)C(=O)Nc2cncc3cn[nH]c23)C1. The van der Waals surface area contributed by atoms with E-state index >= 15 is 0 Å². The first kappa shape index (κ1) is 22.8. The van der Waals surface area contributed by atoms with E-state index in [2.05, 4.69) is 50.5 Å². The van der Waals surface area contributed by atoms with Crippen LogP contribution in [0.5, 0.6) is 0 Å². The molecule has 3 fully saturated rings. The number of aromatic amines is 1. The minimum absolute atomic E-state index is 0.154. The Hall–Kier alpha value is -3.37. The van der Waals surface area contributed by atoms with Gasteiger partial charge in [0.25, 0.3) is 0 Å². The van der Waals surface area contributed by atoms with Gasteiger partial charge in [-0.3, -0.25) is 19.7 Å². The van der Waals surface area contributed by atoms with Crippen LogP contribution in [0.3, 0.4) is 0 Å². The van der Waals surface area contributed by atoms with E-state index in [1.54, 1.807) is 17.3 Å². The fourth-order valence-corrected chi connectivity index (χ4v) is 7.52. The first-order valence-electron chi connectivity index (χ1n) is 13.1. The summed E-state index contributed by atoms with van der Waals surface area (Å²) in [5.41, 5.74) is 3.15. The fraction of sp³-hybridized carbons (Fsp3) is 0.444. The number of hydrogen-bond donors (Lipinski definition) is 2. The summed E-state index contributed by atoms with van der Waals surface area (Å²) in [5, 5.41) is 11.6. The van der Waals surface area contributed by atoms with Gasteiger partial charge in [0.1, 0.15) is 0 Å². The molecular formula is C27H29N7O2S. The standard InChI is InChI=1S/C27H29N7O2S/c1-15-2-4-22(34(12-15)27(36)25(35)30-21-11-28-9-18-10-29-32-24(18)21)16-3-5-23-20(8-16)31-26(37-23)19-14-33-7-6-17(19)13-33/h3,5,8-11,15,17,19,22H,2,4,6-7,12-14H2,1H3,(H,29,32)(H,30,35)/t15-,17?,19?,22+/m0/s1. The van der Waals surface area contributed by atoms with Gasteiger partial charge < -0.3 is 15.1 Å². The summed E-state index contributed by atoms with van der Waals surface area (Å²) in [6.45, 7) is 6.22. The number of likely N-dealkylation sites (tertiary alicyclic amines) is 1. The van der Waals surface area contributed by atoms with Gasteiger partial charge in [0.15, 0.2) is 0 Å². The lowest BCUT2D eigenvalue weighted by atomic mass is 9.89. The van der Waals surface area contributed by atoms with Crippen LogP contribution in [0, 0.1) is 11.8 Å². The third kappa shape index (κ3) is 3.99. The Morgan fingerprint density at radius 2 is 2.03 bits per heavy atom. The zero-order chi connectivity index (χ0) is 25.1. The van der Waals surface area contributed by atoms with Crippen LogP contribution >= 0.6 is 11.3 Å². The van der Waals surface area contributed by atoms with Crippen molar-refractivity contribution in [3.8, 4) is 0 Å². The van der Waals surface area contributed by atoms with Crippen LogP contribution in [0.15, 0.2) is 36.8 Å². The topological polar surface area (TPSA) is 107 Å². The lowest BCUT2D eigenvalue weighted by Gasteiger charge is -2.38. The van der Waals surface area contributed by atoms with E-state index in [9.17, 15) is 9.59 Å². The average Bonchev–Trinajstić information content (AvgIpc) is 3.71. The molecule has 0 spiro atoms. The van der Waals surface area contributed by atoms with Crippen molar-refractivity contribution in [3.63, 3.8) is 0 Å². The van der Waals surface area contributed by atoms with E-state index in [0.717, 1.165) is 41.8 Å². The molecule has 3 unspecified atom stereocenters. The molecule has 9 nitrogen and oxygen atoms in total. The smallest absolute Gasteiger partial charge is 0.314 e. The van der Waals surface area contributed by atoms with Gasteiger partial charge in [0, 0.05) is 37.1 Å². The Morgan fingerprint density at radius 1 is 1.11 bits per heavy atom. The van der Waals surface area contributed by atoms with E-state index in [-0.39, 0.29) is 6.04 Å². The molecule has 0 saturated carbocycles. The molecule has 1 aromatic carbocycles. The largest absolute Gasteiger partial charge is 0.327 e. The number of nitrogens with zero attached hydrogens (tertiary/aromatic N) is 5. The molecule has 190 valence electrons. The highest BCUT2D eigenvalue weighted by atomic mass is 32.1. The number of thiazole rings is 1. The van der Waals surface area contributed by atoms with Gasteiger partial charge in [-0.05, 0) is 55.3 Å². The average molecular weight is 516 g/mol. The highest BCUT2D eigenvalue weighted by Gasteiger charge is 2.40. The molecule has 6 heterocycles. The summed E-state index contributed by atoms with van der Waals surface area (Å²) >= 11 is 1.81. The number of carbonyl (C=O) groups is 2. The number of aromatic nitrogens is 4. The Labute approximate surface area is 218 Å². The molecule has 2 bridgehead atoms. The molecule has 0 aliphatic carbocycles. The number of piperidine rings is 2. The van der Waals surface area contributed by atoms with Crippen LogP contribution < -0.4 is 5.32 Å². The number of hydrogen-bond acceptors (Lipinski definition) is 7. The van der Waals surface area contributed by atoms with Crippen molar-refractivity contribution >= 4 is 50.0 Å². The van der Waals surface area contributed by atoms with Gasteiger partial charge in [-0.1, -0.05) is 13.0 Å². The summed E-state index contributed by atoms with van der Waals surface area (Å²) < 4.78 is 1.19. The van der Waals surface area contributed by atoms with Gasteiger partial charge in [-0.15, -0.1) is 11.3 Å². The van der Waals surface area contributed by atoms with E-state index < -0.39 is 11.8 Å². The number of carbonyl (C=O) groups excluding carboxylic acids is 2. The van der Waals surface area contributed by atoms with Crippen molar-refractivity contribution in [2.75, 3.05) is 31.5 Å². The minimum atomic E-state index is -0.661. The van der Waals surface area contributed by atoms with E-state index in [4.69, 9.17) is 4.98 Å². The second kappa shape index (κ2) is 8.88. The highest BCUT2D eigenvalue weighted by Crippen LogP contribution is 2.43. The van der Waals surface area contributed by atoms with Gasteiger partial charge in [-0.2, -0.15) is 5.10 Å². The predicted octanol–water partition coefficient (Wildman–Crippen LogP) is 3.93. The number of amides is 2. The summed E-state index contributed by atoms with van der Waals surface area (Å²) in [6.07, 6.45) is 7.93. The molecule has 5 atom stereocenters. The molecule has 2 amide bonds. The van der Waals surface area contributed by atoms with E-state index in [1.807, 2.05) is 11.3 Å². The molecule has 37 heavy (non-hydrogen) atoms. The summed E-state index contributed by atoms with van der Waals surface area (Å²) in [7, 11) is 0. The van der Waals surface area contributed by atoms with Gasteiger partial charge in [0.05, 0.1) is 44.9 Å².